The Morgan fingerprint density at radius 2 is 1.68 bits per heavy atom. The van der Waals surface area contributed by atoms with E-state index in [9.17, 15) is 18.0 Å². The van der Waals surface area contributed by atoms with Crippen LogP contribution in [0.25, 0.3) is 0 Å². The molecule has 2 heterocycles. The van der Waals surface area contributed by atoms with Crippen molar-refractivity contribution < 1.29 is 18.0 Å². The normalized spacial score (nSPS) is 29.6. The zero-order chi connectivity index (χ0) is 15.8. The van der Waals surface area contributed by atoms with Crippen molar-refractivity contribution in [1.82, 2.24) is 10.2 Å². The Morgan fingerprint density at radius 1 is 1.05 bits per heavy atom. The number of hydrogen-bond donors (Lipinski definition) is 1. The number of nitrogens with zero attached hydrogens (tertiary/aromatic N) is 1. The van der Waals surface area contributed by atoms with E-state index in [1.165, 1.54) is 0 Å². The van der Waals surface area contributed by atoms with Crippen LogP contribution in [0.2, 0.25) is 0 Å². The van der Waals surface area contributed by atoms with Gasteiger partial charge in [0.05, 0.1) is 11.5 Å². The number of carbonyl (C=O) groups excluding carboxylic acids is 2. The van der Waals surface area contributed by atoms with Crippen molar-refractivity contribution in [3.8, 4) is 0 Å². The van der Waals surface area contributed by atoms with Gasteiger partial charge in [0.2, 0.25) is 11.8 Å². The van der Waals surface area contributed by atoms with Crippen molar-refractivity contribution in [2.45, 2.75) is 51.0 Å². The van der Waals surface area contributed by atoms with Gasteiger partial charge in [0.15, 0.2) is 9.84 Å². The highest BCUT2D eigenvalue weighted by Crippen LogP contribution is 2.48. The summed E-state index contributed by atoms with van der Waals surface area (Å²) >= 11 is 0. The molecule has 0 aromatic carbocycles. The zero-order valence-corrected chi connectivity index (χ0v) is 13.7. The minimum absolute atomic E-state index is 0.00667. The molecule has 1 saturated carbocycles. The van der Waals surface area contributed by atoms with Gasteiger partial charge in [-0.1, -0.05) is 12.8 Å². The first kappa shape index (κ1) is 15.8. The van der Waals surface area contributed by atoms with Gasteiger partial charge in [-0.05, 0) is 32.1 Å². The van der Waals surface area contributed by atoms with Crippen molar-refractivity contribution in [3.05, 3.63) is 0 Å². The standard InChI is InChI=1S/C15H24N2O4S/c18-13(16-12-5-10-22(20,21)11-12)15(6-7-15)14(19)17-8-3-1-2-4-9-17/h12H,1-11H2,(H,16,18). The summed E-state index contributed by atoms with van der Waals surface area (Å²) in [6.07, 6.45) is 5.93. The number of sulfone groups is 1. The third kappa shape index (κ3) is 3.14. The van der Waals surface area contributed by atoms with Gasteiger partial charge >= 0.3 is 0 Å². The molecular formula is C15H24N2O4S. The third-order valence-electron chi connectivity index (χ3n) is 5.05. The summed E-state index contributed by atoms with van der Waals surface area (Å²) in [6, 6.07) is -0.327. The summed E-state index contributed by atoms with van der Waals surface area (Å²) in [6.45, 7) is 1.48. The fourth-order valence-corrected chi connectivity index (χ4v) is 5.15. The van der Waals surface area contributed by atoms with E-state index in [2.05, 4.69) is 5.32 Å². The highest BCUT2D eigenvalue weighted by atomic mass is 32.2. The van der Waals surface area contributed by atoms with Crippen LogP contribution in [-0.4, -0.2) is 55.8 Å². The molecule has 1 aliphatic carbocycles. The number of carbonyl (C=O) groups is 2. The molecule has 0 spiro atoms. The fraction of sp³-hybridized carbons (Fsp3) is 0.867. The van der Waals surface area contributed by atoms with Crippen molar-refractivity contribution in [1.29, 1.82) is 0 Å². The lowest BCUT2D eigenvalue weighted by molar-refractivity contribution is -0.144. The van der Waals surface area contributed by atoms with Gasteiger partial charge in [-0.25, -0.2) is 8.42 Å². The van der Waals surface area contributed by atoms with E-state index in [1.54, 1.807) is 0 Å². The molecule has 0 radical (unpaired) electrons. The lowest BCUT2D eigenvalue weighted by Gasteiger charge is -2.26. The minimum atomic E-state index is -3.02. The largest absolute Gasteiger partial charge is 0.351 e. The molecule has 3 rings (SSSR count). The second kappa shape index (κ2) is 5.83. The predicted molar refractivity (Wildman–Crippen MR) is 81.9 cm³/mol. The smallest absolute Gasteiger partial charge is 0.238 e. The predicted octanol–water partition coefficient (Wildman–Crippen LogP) is 0.472. The van der Waals surface area contributed by atoms with E-state index in [0.29, 0.717) is 19.3 Å². The Bertz CT molecular complexity index is 560. The first-order valence-electron chi connectivity index (χ1n) is 8.24. The van der Waals surface area contributed by atoms with Crippen LogP contribution in [0.15, 0.2) is 0 Å². The molecule has 3 aliphatic rings. The number of amides is 2. The Balaban J connectivity index is 1.62. The molecule has 6 nitrogen and oxygen atoms in total. The molecule has 3 fully saturated rings. The zero-order valence-electron chi connectivity index (χ0n) is 12.8. The van der Waals surface area contributed by atoms with Crippen molar-refractivity contribution >= 4 is 21.7 Å². The maximum Gasteiger partial charge on any atom is 0.238 e. The lowest BCUT2D eigenvalue weighted by atomic mass is 10.0. The monoisotopic (exact) mass is 328 g/mol. The van der Waals surface area contributed by atoms with Gasteiger partial charge in [-0.3, -0.25) is 9.59 Å². The average molecular weight is 328 g/mol. The molecule has 124 valence electrons. The van der Waals surface area contributed by atoms with Crippen molar-refractivity contribution in [2.75, 3.05) is 24.6 Å². The molecule has 1 atom stereocenters. The first-order valence-corrected chi connectivity index (χ1v) is 10.1. The molecule has 2 saturated heterocycles. The molecule has 1 N–H and O–H groups in total. The molecule has 7 heteroatoms. The van der Waals surface area contributed by atoms with Crippen molar-refractivity contribution in [2.24, 2.45) is 5.41 Å². The van der Waals surface area contributed by atoms with Crippen LogP contribution in [0.5, 0.6) is 0 Å². The summed E-state index contributed by atoms with van der Waals surface area (Å²) in [7, 11) is -3.02. The van der Waals surface area contributed by atoms with Crippen LogP contribution in [0.1, 0.15) is 44.9 Å². The Kier molecular flexibility index (Phi) is 4.18. The summed E-state index contributed by atoms with van der Waals surface area (Å²) in [5.74, 6) is -0.172. The first-order chi connectivity index (χ1) is 10.4. The summed E-state index contributed by atoms with van der Waals surface area (Å²) in [5.41, 5.74) is -0.906. The summed E-state index contributed by atoms with van der Waals surface area (Å²) in [4.78, 5) is 27.1. The van der Waals surface area contributed by atoms with Gasteiger partial charge in [-0.2, -0.15) is 0 Å². The topological polar surface area (TPSA) is 83.5 Å². The maximum atomic E-state index is 12.7. The van der Waals surface area contributed by atoms with E-state index in [4.69, 9.17) is 0 Å². The van der Waals surface area contributed by atoms with E-state index in [1.807, 2.05) is 4.90 Å². The van der Waals surface area contributed by atoms with Gasteiger partial charge in [0.1, 0.15) is 5.41 Å². The highest BCUT2D eigenvalue weighted by Gasteiger charge is 2.58. The van der Waals surface area contributed by atoms with E-state index in [0.717, 1.165) is 38.8 Å². The number of hydrogen-bond acceptors (Lipinski definition) is 4. The van der Waals surface area contributed by atoms with Crippen LogP contribution in [0.3, 0.4) is 0 Å². The SMILES string of the molecule is O=C(NC1CCS(=O)(=O)C1)C1(C(=O)N2CCCCCC2)CC1. The number of likely N-dealkylation sites (tertiary alicyclic amines) is 1. The average Bonchev–Trinajstić information content (AvgIpc) is 3.24. The summed E-state index contributed by atoms with van der Waals surface area (Å²) < 4.78 is 23.0. The Hall–Kier alpha value is -1.11. The maximum absolute atomic E-state index is 12.7. The van der Waals surface area contributed by atoms with E-state index in [-0.39, 0.29) is 29.4 Å². The van der Waals surface area contributed by atoms with Crippen molar-refractivity contribution in [3.63, 3.8) is 0 Å². The number of nitrogens with one attached hydrogen (secondary N) is 1. The highest BCUT2D eigenvalue weighted by molar-refractivity contribution is 7.91. The van der Waals surface area contributed by atoms with Crippen LogP contribution in [0.4, 0.5) is 0 Å². The molecule has 2 aliphatic heterocycles. The molecular weight excluding hydrogens is 304 g/mol. The lowest BCUT2D eigenvalue weighted by Crippen LogP contribution is -2.48. The van der Waals surface area contributed by atoms with Crippen LogP contribution in [-0.2, 0) is 19.4 Å². The number of rotatable bonds is 3. The Labute approximate surface area is 131 Å². The molecule has 22 heavy (non-hydrogen) atoms. The minimum Gasteiger partial charge on any atom is -0.351 e. The molecule has 0 bridgehead atoms. The fourth-order valence-electron chi connectivity index (χ4n) is 3.47. The Morgan fingerprint density at radius 3 is 2.18 bits per heavy atom. The summed E-state index contributed by atoms with van der Waals surface area (Å²) in [5, 5.41) is 2.81. The van der Waals surface area contributed by atoms with Gasteiger partial charge in [0, 0.05) is 19.1 Å². The van der Waals surface area contributed by atoms with Crippen LogP contribution >= 0.6 is 0 Å². The van der Waals surface area contributed by atoms with Crippen LogP contribution < -0.4 is 5.32 Å². The molecule has 0 aromatic rings. The quantitative estimate of drug-likeness (QED) is 0.764. The van der Waals surface area contributed by atoms with Gasteiger partial charge < -0.3 is 10.2 Å². The van der Waals surface area contributed by atoms with Gasteiger partial charge in [0.25, 0.3) is 0 Å². The second-order valence-corrected chi connectivity index (χ2v) is 9.09. The third-order valence-corrected chi connectivity index (χ3v) is 6.82. The van der Waals surface area contributed by atoms with E-state index < -0.39 is 15.3 Å². The second-order valence-electron chi connectivity index (χ2n) is 6.86. The molecule has 2 amide bonds. The van der Waals surface area contributed by atoms with Gasteiger partial charge in [-0.15, -0.1) is 0 Å². The molecule has 1 unspecified atom stereocenters. The van der Waals surface area contributed by atoms with Crippen LogP contribution in [0, 0.1) is 5.41 Å². The molecule has 0 aromatic heterocycles. The van der Waals surface area contributed by atoms with E-state index >= 15 is 0 Å².